The number of benzene rings is 2. The Morgan fingerprint density at radius 2 is 1.11 bits per heavy atom. The third-order valence-electron chi connectivity index (χ3n) is 6.62. The topological polar surface area (TPSA) is 182 Å². The van der Waals surface area contributed by atoms with E-state index in [-0.39, 0.29) is 24.3 Å². The lowest BCUT2D eigenvalue weighted by atomic mass is 9.79. The Labute approximate surface area is 199 Å². The van der Waals surface area contributed by atoms with E-state index >= 15 is 0 Å². The first kappa shape index (κ1) is 23.9. The Morgan fingerprint density at radius 3 is 1.43 bits per heavy atom. The Bertz CT molecular complexity index is 1160. The molecule has 0 aliphatic carbocycles. The Morgan fingerprint density at radius 1 is 0.743 bits per heavy atom. The van der Waals surface area contributed by atoms with E-state index in [2.05, 4.69) is 10.6 Å². The summed E-state index contributed by atoms with van der Waals surface area (Å²) < 4.78 is 5.89. The van der Waals surface area contributed by atoms with Gasteiger partial charge in [0.2, 0.25) is 0 Å². The molecule has 0 amide bonds. The van der Waals surface area contributed by atoms with Crippen molar-refractivity contribution in [1.82, 2.24) is 0 Å². The second-order valence-electron chi connectivity index (χ2n) is 9.31. The zero-order chi connectivity index (χ0) is 25.7. The van der Waals surface area contributed by atoms with Crippen LogP contribution in [0.15, 0.2) is 36.4 Å². The van der Waals surface area contributed by atoms with Crippen molar-refractivity contribution in [3.8, 4) is 11.5 Å². The van der Waals surface area contributed by atoms with Crippen LogP contribution in [0.3, 0.4) is 0 Å². The maximum Gasteiger partial charge on any atom is 0.329 e. The second-order valence-corrected chi connectivity index (χ2v) is 9.31. The van der Waals surface area contributed by atoms with Crippen molar-refractivity contribution < 1.29 is 44.3 Å². The van der Waals surface area contributed by atoms with E-state index in [1.807, 2.05) is 0 Å². The molecule has 6 N–H and O–H groups in total. The molecule has 11 nitrogen and oxygen atoms in total. The summed E-state index contributed by atoms with van der Waals surface area (Å²) in [6, 6.07) is 9.20. The van der Waals surface area contributed by atoms with E-state index in [0.717, 1.165) is 0 Å². The number of carboxylic acids is 4. The summed E-state index contributed by atoms with van der Waals surface area (Å²) in [5.41, 5.74) is -1.41. The summed E-state index contributed by atoms with van der Waals surface area (Å²) in [5.74, 6) is -6.24. The van der Waals surface area contributed by atoms with Crippen LogP contribution in [0.25, 0.3) is 0 Å². The maximum atomic E-state index is 11.9. The molecule has 2 heterocycles. The van der Waals surface area contributed by atoms with Crippen molar-refractivity contribution in [2.75, 3.05) is 10.6 Å². The highest BCUT2D eigenvalue weighted by molar-refractivity contribution is 5.90. The summed E-state index contributed by atoms with van der Waals surface area (Å²) in [7, 11) is 0. The highest BCUT2D eigenvalue weighted by atomic mass is 16.5. The van der Waals surface area contributed by atoms with Crippen LogP contribution >= 0.6 is 0 Å². The van der Waals surface area contributed by atoms with Gasteiger partial charge >= 0.3 is 23.9 Å². The van der Waals surface area contributed by atoms with Gasteiger partial charge in [0, 0.05) is 11.4 Å². The van der Waals surface area contributed by atoms with Crippen molar-refractivity contribution in [3.05, 3.63) is 47.5 Å². The van der Waals surface area contributed by atoms with E-state index < -0.39 is 46.8 Å². The fourth-order valence-corrected chi connectivity index (χ4v) is 4.60. The highest BCUT2D eigenvalue weighted by Gasteiger charge is 2.45. The minimum absolute atomic E-state index is 0.165. The second kappa shape index (κ2) is 8.19. The molecule has 0 saturated carbocycles. The van der Waals surface area contributed by atoms with Crippen LogP contribution in [0.5, 0.6) is 11.5 Å². The summed E-state index contributed by atoms with van der Waals surface area (Å²) in [5, 5.41) is 44.3. The van der Waals surface area contributed by atoms with Crippen LogP contribution in [0, 0.1) is 0 Å². The third-order valence-corrected chi connectivity index (χ3v) is 6.62. The van der Waals surface area contributed by atoms with Gasteiger partial charge in [-0.05, 0) is 74.2 Å². The quantitative estimate of drug-likeness (QED) is 0.354. The molecular weight excluding hydrogens is 460 g/mol. The normalized spacial score (nSPS) is 26.8. The maximum absolute atomic E-state index is 11.9. The number of anilines is 2. The Balaban J connectivity index is 1.66. The van der Waals surface area contributed by atoms with Gasteiger partial charge in [0.25, 0.3) is 0 Å². The number of aliphatic carboxylic acids is 4. The van der Waals surface area contributed by atoms with Gasteiger partial charge in [-0.1, -0.05) is 0 Å². The van der Waals surface area contributed by atoms with E-state index in [1.54, 1.807) is 24.3 Å². The monoisotopic (exact) mass is 484 g/mol. The number of hydrogen-bond donors (Lipinski definition) is 6. The molecule has 35 heavy (non-hydrogen) atoms. The summed E-state index contributed by atoms with van der Waals surface area (Å²) in [4.78, 5) is 47.1. The SMILES string of the molecule is CC1(C(=O)O)CC(C(=O)O)c2cc(Oc3ccc4c(c3)C(C(=O)O)CC(C)(C(=O)O)N4)ccc2N1. The van der Waals surface area contributed by atoms with Crippen molar-refractivity contribution in [2.24, 2.45) is 0 Å². The molecule has 2 aliphatic heterocycles. The van der Waals surface area contributed by atoms with Gasteiger partial charge < -0.3 is 35.8 Å². The zero-order valence-corrected chi connectivity index (χ0v) is 18.9. The molecule has 4 rings (SSSR count). The smallest absolute Gasteiger partial charge is 0.329 e. The number of rotatable bonds is 6. The highest BCUT2D eigenvalue weighted by Crippen LogP contribution is 2.44. The van der Waals surface area contributed by atoms with Gasteiger partial charge in [0.05, 0.1) is 11.8 Å². The fraction of sp³-hybridized carbons (Fsp3) is 0.333. The molecule has 4 atom stereocenters. The van der Waals surface area contributed by atoms with E-state index in [9.17, 15) is 39.6 Å². The van der Waals surface area contributed by atoms with Gasteiger partial charge in [-0.2, -0.15) is 0 Å². The molecule has 0 spiro atoms. The predicted molar refractivity (Wildman–Crippen MR) is 122 cm³/mol. The summed E-state index contributed by atoms with van der Waals surface area (Å²) >= 11 is 0. The van der Waals surface area contributed by atoms with Crippen LogP contribution < -0.4 is 15.4 Å². The van der Waals surface area contributed by atoms with Gasteiger partial charge in [0.15, 0.2) is 0 Å². The predicted octanol–water partition coefficient (Wildman–Crippen LogP) is 3.13. The number of ether oxygens (including phenoxy) is 1. The number of nitrogens with one attached hydrogen (secondary N) is 2. The first-order chi connectivity index (χ1) is 16.3. The minimum atomic E-state index is -1.44. The lowest BCUT2D eigenvalue weighted by molar-refractivity contribution is -0.145. The summed E-state index contributed by atoms with van der Waals surface area (Å²) in [6.45, 7) is 2.85. The van der Waals surface area contributed by atoms with E-state index in [1.165, 1.54) is 26.0 Å². The molecule has 0 fully saturated rings. The zero-order valence-electron chi connectivity index (χ0n) is 18.9. The molecule has 2 aromatic rings. The fourth-order valence-electron chi connectivity index (χ4n) is 4.60. The Kier molecular flexibility index (Phi) is 5.58. The molecule has 184 valence electrons. The van der Waals surface area contributed by atoms with Gasteiger partial charge in [-0.3, -0.25) is 9.59 Å². The molecule has 4 unspecified atom stereocenters. The van der Waals surface area contributed by atoms with Crippen molar-refractivity contribution in [1.29, 1.82) is 0 Å². The van der Waals surface area contributed by atoms with E-state index in [4.69, 9.17) is 4.74 Å². The van der Waals surface area contributed by atoms with Crippen molar-refractivity contribution in [2.45, 2.75) is 49.6 Å². The van der Waals surface area contributed by atoms with Gasteiger partial charge in [-0.25, -0.2) is 9.59 Å². The lowest BCUT2D eigenvalue weighted by Crippen LogP contribution is -2.48. The van der Waals surface area contributed by atoms with Crippen LogP contribution in [-0.4, -0.2) is 55.4 Å². The van der Waals surface area contributed by atoms with Gasteiger partial charge in [-0.15, -0.1) is 0 Å². The van der Waals surface area contributed by atoms with Crippen molar-refractivity contribution in [3.63, 3.8) is 0 Å². The average molecular weight is 484 g/mol. The third kappa shape index (κ3) is 4.20. The molecule has 11 heteroatoms. The molecule has 0 radical (unpaired) electrons. The van der Waals surface area contributed by atoms with Crippen LogP contribution in [0.2, 0.25) is 0 Å². The van der Waals surface area contributed by atoms with E-state index in [0.29, 0.717) is 22.5 Å². The minimum Gasteiger partial charge on any atom is -0.481 e. The van der Waals surface area contributed by atoms with Crippen LogP contribution in [0.4, 0.5) is 11.4 Å². The number of carbonyl (C=O) groups is 4. The van der Waals surface area contributed by atoms with Crippen LogP contribution in [-0.2, 0) is 19.2 Å². The summed E-state index contributed by atoms with van der Waals surface area (Å²) in [6.07, 6.45) is -0.331. The number of hydrogen-bond acceptors (Lipinski definition) is 7. The molecule has 2 aromatic carbocycles. The molecule has 0 saturated heterocycles. The van der Waals surface area contributed by atoms with Gasteiger partial charge in [0.1, 0.15) is 22.6 Å². The largest absolute Gasteiger partial charge is 0.481 e. The molecular formula is C24H24N2O9. The number of fused-ring (bicyclic) bond motifs is 2. The lowest BCUT2D eigenvalue weighted by Gasteiger charge is -2.37. The molecule has 2 aliphatic rings. The standard InChI is InChI=1S/C24H24N2O9/c1-23(21(31)32)9-15(19(27)28)13-7-11(3-5-17(13)25-23)35-12-4-6-18-14(8-12)16(20(29)30)10-24(2,26-18)22(33)34/h3-8,15-16,25-26H,9-10H2,1-2H3,(H,27,28)(H,29,30)(H,31,32)(H,33,34). The number of carboxylic acid groups (broad SMARTS) is 4. The first-order valence-corrected chi connectivity index (χ1v) is 10.8. The average Bonchev–Trinajstić information content (AvgIpc) is 2.78. The first-order valence-electron chi connectivity index (χ1n) is 10.8. The molecule has 0 aromatic heterocycles. The molecule has 0 bridgehead atoms. The Hall–Kier alpha value is -4.28. The van der Waals surface area contributed by atoms with Crippen molar-refractivity contribution >= 4 is 35.3 Å². The van der Waals surface area contributed by atoms with Crippen LogP contribution in [0.1, 0.15) is 49.7 Å².